The highest BCUT2D eigenvalue weighted by molar-refractivity contribution is 7.26. The summed E-state index contributed by atoms with van der Waals surface area (Å²) in [7, 11) is 0. The van der Waals surface area contributed by atoms with Crippen LogP contribution in [-0.4, -0.2) is 15.0 Å². The van der Waals surface area contributed by atoms with Gasteiger partial charge in [0.15, 0.2) is 5.82 Å². The third-order valence-corrected chi connectivity index (χ3v) is 9.89. The quantitative estimate of drug-likeness (QED) is 0.193. The number of aromatic nitrogens is 3. The maximum absolute atomic E-state index is 5.35. The van der Waals surface area contributed by atoms with Gasteiger partial charge in [-0.05, 0) is 29.3 Å². The van der Waals surface area contributed by atoms with E-state index in [0.29, 0.717) is 5.82 Å². The topological polar surface area (TPSA) is 38.7 Å². The fraction of sp³-hybridized carbons (Fsp3) is 0. The Hall–Kier alpha value is -5.97. The lowest BCUT2D eigenvalue weighted by Crippen LogP contribution is -1.97. The first-order valence-electron chi connectivity index (χ1n) is 15.7. The largest absolute Gasteiger partial charge is 0.247 e. The number of hydrogen-bond acceptors (Lipinski definition) is 4. The molecule has 9 rings (SSSR count). The van der Waals surface area contributed by atoms with Gasteiger partial charge in [0, 0.05) is 47.8 Å². The molecule has 0 fully saturated rings. The summed E-state index contributed by atoms with van der Waals surface area (Å²) in [6.45, 7) is 0. The van der Waals surface area contributed by atoms with E-state index in [1.807, 2.05) is 23.5 Å². The number of nitrogens with zero attached hydrogens (tertiary/aromatic N) is 3. The Morgan fingerprint density at radius 1 is 0.404 bits per heavy atom. The summed E-state index contributed by atoms with van der Waals surface area (Å²) in [4.78, 5) is 15.7. The molecule has 47 heavy (non-hydrogen) atoms. The minimum atomic E-state index is 0.694. The SMILES string of the molecule is c1ccc(-c2ccc(-c3nc(-c4ccccc4)cc(-c4cccc5nc(-c6ccccc6)c6c7ccccc7sc6c45)n3)cc2)cc1. The van der Waals surface area contributed by atoms with E-state index in [-0.39, 0.29) is 0 Å². The fourth-order valence-corrected chi connectivity index (χ4v) is 7.71. The summed E-state index contributed by atoms with van der Waals surface area (Å²) in [5.74, 6) is 0.694. The third kappa shape index (κ3) is 4.87. The van der Waals surface area contributed by atoms with E-state index >= 15 is 0 Å². The minimum absolute atomic E-state index is 0.694. The molecule has 0 N–H and O–H groups in total. The Balaban J connectivity index is 1.30. The van der Waals surface area contributed by atoms with Crippen LogP contribution in [0.1, 0.15) is 0 Å². The summed E-state index contributed by atoms with van der Waals surface area (Å²) in [6.07, 6.45) is 0. The Kier molecular flexibility index (Phi) is 6.65. The second-order valence-electron chi connectivity index (χ2n) is 11.6. The molecule has 0 saturated carbocycles. The lowest BCUT2D eigenvalue weighted by molar-refractivity contribution is 1.18. The molecule has 0 aliphatic rings. The van der Waals surface area contributed by atoms with E-state index in [1.165, 1.54) is 25.7 Å². The monoisotopic (exact) mass is 617 g/mol. The number of thiophene rings is 1. The van der Waals surface area contributed by atoms with Crippen LogP contribution in [0, 0.1) is 0 Å². The van der Waals surface area contributed by atoms with Crippen molar-refractivity contribution in [2.75, 3.05) is 0 Å². The molecule has 0 radical (unpaired) electrons. The second-order valence-corrected chi connectivity index (χ2v) is 12.7. The van der Waals surface area contributed by atoms with E-state index < -0.39 is 0 Å². The summed E-state index contributed by atoms with van der Waals surface area (Å²) in [5.41, 5.74) is 10.3. The average molecular weight is 618 g/mol. The number of fused-ring (bicyclic) bond motifs is 5. The molecule has 0 atom stereocenters. The second kappa shape index (κ2) is 11.4. The van der Waals surface area contributed by atoms with Crippen LogP contribution >= 0.6 is 11.3 Å². The maximum atomic E-state index is 5.35. The van der Waals surface area contributed by atoms with Gasteiger partial charge < -0.3 is 0 Å². The number of benzene rings is 6. The molecule has 3 nitrogen and oxygen atoms in total. The molecule has 9 aromatic rings. The molecule has 6 aromatic carbocycles. The van der Waals surface area contributed by atoms with Gasteiger partial charge in [-0.15, -0.1) is 11.3 Å². The maximum Gasteiger partial charge on any atom is 0.160 e. The lowest BCUT2D eigenvalue weighted by Gasteiger charge is -2.13. The Bertz CT molecular complexity index is 2540. The normalized spacial score (nSPS) is 11.4. The van der Waals surface area contributed by atoms with Gasteiger partial charge in [-0.3, -0.25) is 0 Å². The zero-order chi connectivity index (χ0) is 31.2. The molecule has 4 heteroatoms. The van der Waals surface area contributed by atoms with Crippen molar-refractivity contribution in [3.63, 3.8) is 0 Å². The molecule has 220 valence electrons. The van der Waals surface area contributed by atoms with E-state index in [0.717, 1.165) is 55.8 Å². The molecule has 0 aliphatic heterocycles. The average Bonchev–Trinajstić information content (AvgIpc) is 3.55. The highest BCUT2D eigenvalue weighted by Gasteiger charge is 2.20. The Morgan fingerprint density at radius 2 is 1.00 bits per heavy atom. The van der Waals surface area contributed by atoms with Gasteiger partial charge >= 0.3 is 0 Å². The molecule has 0 amide bonds. The van der Waals surface area contributed by atoms with Crippen molar-refractivity contribution < 1.29 is 0 Å². The predicted octanol–water partition coefficient (Wildman–Crippen LogP) is 11.7. The van der Waals surface area contributed by atoms with Crippen molar-refractivity contribution in [3.05, 3.63) is 164 Å². The van der Waals surface area contributed by atoms with Crippen LogP contribution < -0.4 is 0 Å². The van der Waals surface area contributed by atoms with Crippen LogP contribution in [0.25, 0.3) is 87.4 Å². The van der Waals surface area contributed by atoms with Gasteiger partial charge in [0.25, 0.3) is 0 Å². The van der Waals surface area contributed by atoms with Crippen molar-refractivity contribution in [2.45, 2.75) is 0 Å². The highest BCUT2D eigenvalue weighted by atomic mass is 32.1. The fourth-order valence-electron chi connectivity index (χ4n) is 6.44. The summed E-state index contributed by atoms with van der Waals surface area (Å²) in [5, 5.41) is 3.53. The molecule has 0 aliphatic carbocycles. The zero-order valence-electron chi connectivity index (χ0n) is 25.3. The predicted molar refractivity (Wildman–Crippen MR) is 197 cm³/mol. The van der Waals surface area contributed by atoms with Gasteiger partial charge in [-0.25, -0.2) is 15.0 Å². The van der Waals surface area contributed by atoms with Gasteiger partial charge in [0.05, 0.1) is 22.6 Å². The number of rotatable bonds is 5. The Labute approximate surface area is 276 Å². The first-order chi connectivity index (χ1) is 23.3. The minimum Gasteiger partial charge on any atom is -0.247 e. The Morgan fingerprint density at radius 3 is 1.74 bits per heavy atom. The highest BCUT2D eigenvalue weighted by Crippen LogP contribution is 2.45. The lowest BCUT2D eigenvalue weighted by atomic mass is 9.98. The first-order valence-corrected chi connectivity index (χ1v) is 16.5. The van der Waals surface area contributed by atoms with Crippen LogP contribution in [0.4, 0.5) is 0 Å². The number of hydrogen-bond donors (Lipinski definition) is 0. The van der Waals surface area contributed by atoms with Gasteiger partial charge in [0.1, 0.15) is 0 Å². The van der Waals surface area contributed by atoms with Crippen molar-refractivity contribution in [2.24, 2.45) is 0 Å². The number of pyridine rings is 1. The summed E-state index contributed by atoms with van der Waals surface area (Å²) in [6, 6.07) is 57.0. The smallest absolute Gasteiger partial charge is 0.160 e. The molecule has 0 bridgehead atoms. The van der Waals surface area contributed by atoms with Crippen molar-refractivity contribution in [3.8, 4) is 56.3 Å². The van der Waals surface area contributed by atoms with Gasteiger partial charge in [0.2, 0.25) is 0 Å². The van der Waals surface area contributed by atoms with E-state index in [4.69, 9.17) is 15.0 Å². The van der Waals surface area contributed by atoms with E-state index in [1.54, 1.807) is 0 Å². The molecule has 0 saturated heterocycles. The van der Waals surface area contributed by atoms with E-state index in [2.05, 4.69) is 152 Å². The van der Waals surface area contributed by atoms with Crippen LogP contribution in [0.15, 0.2) is 164 Å². The van der Waals surface area contributed by atoms with E-state index in [9.17, 15) is 0 Å². The van der Waals surface area contributed by atoms with Crippen molar-refractivity contribution >= 4 is 42.4 Å². The summed E-state index contributed by atoms with van der Waals surface area (Å²) >= 11 is 1.83. The zero-order valence-corrected chi connectivity index (χ0v) is 26.2. The molecule has 0 spiro atoms. The van der Waals surface area contributed by atoms with Crippen LogP contribution in [0.5, 0.6) is 0 Å². The summed E-state index contributed by atoms with van der Waals surface area (Å²) < 4.78 is 2.47. The first kappa shape index (κ1) is 27.3. The molecule has 0 unspecified atom stereocenters. The molecule has 3 aromatic heterocycles. The molecular formula is C43H27N3S. The van der Waals surface area contributed by atoms with Crippen molar-refractivity contribution in [1.29, 1.82) is 0 Å². The molecular weight excluding hydrogens is 591 g/mol. The molecule has 3 heterocycles. The van der Waals surface area contributed by atoms with Gasteiger partial charge in [-0.2, -0.15) is 0 Å². The van der Waals surface area contributed by atoms with Crippen LogP contribution in [0.2, 0.25) is 0 Å². The van der Waals surface area contributed by atoms with Crippen LogP contribution in [0.3, 0.4) is 0 Å². The van der Waals surface area contributed by atoms with Crippen molar-refractivity contribution in [1.82, 2.24) is 15.0 Å². The van der Waals surface area contributed by atoms with Gasteiger partial charge in [-0.1, -0.05) is 146 Å². The standard InChI is InChI=1S/C43H27N3S/c1-4-13-28(14-5-1)29-23-25-32(26-24-29)43-45-36(30-15-6-2-7-16-30)27-37(46-43)33-20-12-21-35-39(33)42-40(34-19-10-11-22-38(34)47-42)41(44-35)31-17-8-3-9-18-31/h1-27H. The third-order valence-electron chi connectivity index (χ3n) is 8.70. The van der Waals surface area contributed by atoms with Crippen LogP contribution in [-0.2, 0) is 0 Å².